The van der Waals surface area contributed by atoms with Crippen molar-refractivity contribution < 1.29 is 24.2 Å². The van der Waals surface area contributed by atoms with Crippen LogP contribution in [0.2, 0.25) is 0 Å². The van der Waals surface area contributed by atoms with Crippen molar-refractivity contribution in [1.29, 1.82) is 0 Å². The van der Waals surface area contributed by atoms with E-state index in [-0.39, 0.29) is 36.9 Å². The molecule has 2 N–H and O–H groups in total. The van der Waals surface area contributed by atoms with Gasteiger partial charge in [0, 0.05) is 25.8 Å². The molecular weight excluding hydrogens is 298 g/mol. The minimum Gasteiger partial charge on any atom is -0.481 e. The third kappa shape index (κ3) is 6.11. The number of carboxylic acids is 1. The van der Waals surface area contributed by atoms with Gasteiger partial charge in [-0.25, -0.2) is 0 Å². The number of nitrogens with one attached hydrogen (secondary N) is 1. The van der Waals surface area contributed by atoms with Crippen molar-refractivity contribution in [2.45, 2.75) is 71.6 Å². The molecule has 1 unspecified atom stereocenters. The van der Waals surface area contributed by atoms with Gasteiger partial charge in [0.15, 0.2) is 0 Å². The molecule has 1 rings (SSSR count). The maximum Gasteiger partial charge on any atom is 0.306 e. The molecule has 0 amide bonds. The van der Waals surface area contributed by atoms with Crippen LogP contribution in [0.15, 0.2) is 0 Å². The minimum atomic E-state index is -0.832. The quantitative estimate of drug-likeness (QED) is 0.473. The molecular formula is C17H31NO5. The summed E-state index contributed by atoms with van der Waals surface area (Å²) in [7, 11) is 0. The zero-order valence-electron chi connectivity index (χ0n) is 14.8. The standard InChI is InChI=1S/C17H31NO5/c1-12(2)17(13(3)4,11-14-18-9-10-22-14)23-16(21)8-6-5-7-15(19)20/h12-14,18H,5-11H2,1-4H3,(H,19,20). The molecule has 1 aliphatic rings. The summed E-state index contributed by atoms with van der Waals surface area (Å²) in [5.74, 6) is -0.759. The molecule has 1 fully saturated rings. The predicted molar refractivity (Wildman–Crippen MR) is 87.0 cm³/mol. The first kappa shape index (κ1) is 19.9. The van der Waals surface area contributed by atoms with Crippen LogP contribution in [0.1, 0.15) is 59.8 Å². The number of hydrogen-bond acceptors (Lipinski definition) is 5. The number of carboxylic acid groups (broad SMARTS) is 1. The van der Waals surface area contributed by atoms with Crippen molar-refractivity contribution in [2.75, 3.05) is 13.2 Å². The maximum atomic E-state index is 12.3. The van der Waals surface area contributed by atoms with Crippen LogP contribution in [0.4, 0.5) is 0 Å². The van der Waals surface area contributed by atoms with E-state index >= 15 is 0 Å². The Morgan fingerprint density at radius 1 is 1.22 bits per heavy atom. The zero-order chi connectivity index (χ0) is 17.5. The van der Waals surface area contributed by atoms with E-state index < -0.39 is 11.6 Å². The van der Waals surface area contributed by atoms with E-state index in [2.05, 4.69) is 33.0 Å². The van der Waals surface area contributed by atoms with E-state index in [1.807, 2.05) is 0 Å². The summed E-state index contributed by atoms with van der Waals surface area (Å²) in [6.45, 7) is 9.75. The Hall–Kier alpha value is -1.14. The van der Waals surface area contributed by atoms with Crippen LogP contribution in [0.5, 0.6) is 0 Å². The molecule has 1 atom stereocenters. The predicted octanol–water partition coefficient (Wildman–Crippen LogP) is 2.56. The molecule has 0 spiro atoms. The summed E-state index contributed by atoms with van der Waals surface area (Å²) < 4.78 is 11.6. The largest absolute Gasteiger partial charge is 0.481 e. The van der Waals surface area contributed by atoms with Crippen LogP contribution < -0.4 is 5.32 Å². The average Bonchev–Trinajstić information content (AvgIpc) is 2.95. The number of esters is 1. The second-order valence-electron chi connectivity index (χ2n) is 6.86. The Kier molecular flexibility index (Phi) is 7.99. The van der Waals surface area contributed by atoms with Crippen molar-refractivity contribution >= 4 is 11.9 Å². The lowest BCUT2D eigenvalue weighted by Crippen LogP contribution is -2.49. The second kappa shape index (κ2) is 9.23. The van der Waals surface area contributed by atoms with Gasteiger partial charge in [-0.1, -0.05) is 27.7 Å². The highest BCUT2D eigenvalue weighted by atomic mass is 16.6. The molecule has 0 saturated carbocycles. The molecule has 0 aromatic heterocycles. The Labute approximate surface area is 138 Å². The molecule has 1 heterocycles. The lowest BCUT2D eigenvalue weighted by Gasteiger charge is -2.42. The Morgan fingerprint density at radius 2 is 1.83 bits per heavy atom. The average molecular weight is 329 g/mol. The van der Waals surface area contributed by atoms with Gasteiger partial charge in [0.1, 0.15) is 11.8 Å². The molecule has 0 radical (unpaired) electrons. The molecule has 0 aliphatic carbocycles. The van der Waals surface area contributed by atoms with E-state index in [4.69, 9.17) is 14.6 Å². The topological polar surface area (TPSA) is 84.9 Å². The number of carbonyl (C=O) groups excluding carboxylic acids is 1. The van der Waals surface area contributed by atoms with E-state index in [1.165, 1.54) is 0 Å². The number of aliphatic carboxylic acids is 1. The first-order chi connectivity index (χ1) is 10.8. The molecule has 23 heavy (non-hydrogen) atoms. The summed E-state index contributed by atoms with van der Waals surface area (Å²) >= 11 is 0. The summed E-state index contributed by atoms with van der Waals surface area (Å²) in [5, 5.41) is 11.9. The van der Waals surface area contributed by atoms with Gasteiger partial charge in [-0.3, -0.25) is 14.9 Å². The molecule has 0 bridgehead atoms. The molecule has 0 aromatic rings. The SMILES string of the molecule is CC(C)C(CC1NCCO1)(OC(=O)CCCCC(=O)O)C(C)C. The Bertz CT molecular complexity index is 380. The maximum absolute atomic E-state index is 12.3. The monoisotopic (exact) mass is 329 g/mol. The first-order valence-corrected chi connectivity index (χ1v) is 8.56. The van der Waals surface area contributed by atoms with Gasteiger partial charge >= 0.3 is 11.9 Å². The Morgan fingerprint density at radius 3 is 2.30 bits per heavy atom. The normalized spacial score (nSPS) is 18.6. The third-order valence-electron chi connectivity index (χ3n) is 4.58. The first-order valence-electron chi connectivity index (χ1n) is 8.56. The number of hydrogen-bond donors (Lipinski definition) is 2. The molecule has 6 nitrogen and oxygen atoms in total. The van der Waals surface area contributed by atoms with E-state index in [9.17, 15) is 9.59 Å². The van der Waals surface area contributed by atoms with E-state index in [0.717, 1.165) is 6.54 Å². The van der Waals surface area contributed by atoms with Gasteiger partial charge in [-0.15, -0.1) is 0 Å². The second-order valence-corrected chi connectivity index (χ2v) is 6.86. The van der Waals surface area contributed by atoms with Crippen LogP contribution in [0.25, 0.3) is 0 Å². The van der Waals surface area contributed by atoms with Gasteiger partial charge in [0.25, 0.3) is 0 Å². The van der Waals surface area contributed by atoms with Crippen LogP contribution in [-0.2, 0) is 19.1 Å². The summed E-state index contributed by atoms with van der Waals surface area (Å²) in [6.07, 6.45) is 1.92. The molecule has 134 valence electrons. The summed E-state index contributed by atoms with van der Waals surface area (Å²) in [4.78, 5) is 22.8. The number of rotatable bonds is 10. The Balaban J connectivity index is 2.63. The van der Waals surface area contributed by atoms with Crippen LogP contribution in [0, 0.1) is 11.8 Å². The highest BCUT2D eigenvalue weighted by molar-refractivity contribution is 5.70. The number of ether oxygens (including phenoxy) is 2. The number of unbranched alkanes of at least 4 members (excludes halogenated alkanes) is 1. The van der Waals surface area contributed by atoms with E-state index in [0.29, 0.717) is 25.9 Å². The van der Waals surface area contributed by atoms with Crippen molar-refractivity contribution in [1.82, 2.24) is 5.32 Å². The van der Waals surface area contributed by atoms with Crippen LogP contribution >= 0.6 is 0 Å². The van der Waals surface area contributed by atoms with Gasteiger partial charge < -0.3 is 14.6 Å². The van der Waals surface area contributed by atoms with Crippen molar-refractivity contribution in [3.63, 3.8) is 0 Å². The lowest BCUT2D eigenvalue weighted by atomic mass is 9.77. The fraction of sp³-hybridized carbons (Fsp3) is 0.882. The number of carbonyl (C=O) groups is 2. The molecule has 1 saturated heterocycles. The van der Waals surface area contributed by atoms with Crippen molar-refractivity contribution in [3.05, 3.63) is 0 Å². The van der Waals surface area contributed by atoms with Gasteiger partial charge in [-0.2, -0.15) is 0 Å². The fourth-order valence-corrected chi connectivity index (χ4v) is 3.12. The van der Waals surface area contributed by atoms with Crippen LogP contribution in [-0.4, -0.2) is 42.0 Å². The molecule has 6 heteroatoms. The lowest BCUT2D eigenvalue weighted by molar-refractivity contribution is -0.178. The summed E-state index contributed by atoms with van der Waals surface area (Å²) in [6, 6.07) is 0. The fourth-order valence-electron chi connectivity index (χ4n) is 3.12. The van der Waals surface area contributed by atoms with Crippen LogP contribution in [0.3, 0.4) is 0 Å². The van der Waals surface area contributed by atoms with Gasteiger partial charge in [0.05, 0.1) is 6.61 Å². The van der Waals surface area contributed by atoms with Gasteiger partial charge in [-0.05, 0) is 24.7 Å². The van der Waals surface area contributed by atoms with Crippen molar-refractivity contribution in [3.8, 4) is 0 Å². The zero-order valence-corrected chi connectivity index (χ0v) is 14.8. The smallest absolute Gasteiger partial charge is 0.306 e. The highest BCUT2D eigenvalue weighted by Crippen LogP contribution is 2.36. The highest BCUT2D eigenvalue weighted by Gasteiger charge is 2.43. The van der Waals surface area contributed by atoms with Gasteiger partial charge in [0.2, 0.25) is 0 Å². The van der Waals surface area contributed by atoms with E-state index in [1.54, 1.807) is 0 Å². The minimum absolute atomic E-state index is 0.0837. The molecule has 0 aromatic carbocycles. The third-order valence-corrected chi connectivity index (χ3v) is 4.58. The van der Waals surface area contributed by atoms with Crippen molar-refractivity contribution in [2.24, 2.45) is 11.8 Å². The molecule has 1 aliphatic heterocycles. The summed E-state index contributed by atoms with van der Waals surface area (Å²) in [5.41, 5.74) is -0.577.